The Bertz CT molecular complexity index is 965. The molecule has 0 bridgehead atoms. The summed E-state index contributed by atoms with van der Waals surface area (Å²) in [6, 6.07) is 18.7. The van der Waals surface area contributed by atoms with Crippen molar-refractivity contribution in [2.24, 2.45) is 0 Å². The highest BCUT2D eigenvalue weighted by Gasteiger charge is 2.09. The van der Waals surface area contributed by atoms with Gasteiger partial charge in [-0.1, -0.05) is 61.9 Å². The van der Waals surface area contributed by atoms with Crippen LogP contribution in [0.15, 0.2) is 54.6 Å². The third-order valence-electron chi connectivity index (χ3n) is 5.45. The van der Waals surface area contributed by atoms with Crippen molar-refractivity contribution in [2.45, 2.75) is 39.7 Å². The van der Waals surface area contributed by atoms with E-state index in [-0.39, 0.29) is 0 Å². The Labute approximate surface area is 185 Å². The van der Waals surface area contributed by atoms with Gasteiger partial charge < -0.3 is 10.2 Å². The Balaban J connectivity index is 1.79. The van der Waals surface area contributed by atoms with Crippen molar-refractivity contribution >= 4 is 40.3 Å². The zero-order chi connectivity index (χ0) is 21.3. The molecular weight excluding hydrogens is 390 g/mol. The number of halogens is 1. The van der Waals surface area contributed by atoms with Gasteiger partial charge in [-0.15, -0.1) is 0 Å². The van der Waals surface area contributed by atoms with Gasteiger partial charge >= 0.3 is 0 Å². The van der Waals surface area contributed by atoms with Gasteiger partial charge in [0.1, 0.15) is 0 Å². The molecule has 0 spiro atoms. The first kappa shape index (κ1) is 22.3. The molecule has 1 aromatic heterocycles. The smallest absolute Gasteiger partial charge is 0.0744 e. The van der Waals surface area contributed by atoms with E-state index in [1.165, 1.54) is 6.42 Å². The highest BCUT2D eigenvalue weighted by atomic mass is 35.5. The number of benzene rings is 2. The van der Waals surface area contributed by atoms with Crippen molar-refractivity contribution in [1.82, 2.24) is 9.88 Å². The zero-order valence-electron chi connectivity index (χ0n) is 18.2. The first-order valence-corrected chi connectivity index (χ1v) is 11.3. The van der Waals surface area contributed by atoms with Gasteiger partial charge in [0.25, 0.3) is 0 Å². The van der Waals surface area contributed by atoms with Gasteiger partial charge in [-0.25, -0.2) is 4.98 Å². The number of hydrogen-bond donors (Lipinski definition) is 1. The molecule has 0 saturated carbocycles. The Kier molecular flexibility index (Phi) is 8.30. The monoisotopic (exact) mass is 421 g/mol. The molecule has 1 N–H and O–H groups in total. The van der Waals surface area contributed by atoms with Crippen molar-refractivity contribution < 1.29 is 0 Å². The fourth-order valence-electron chi connectivity index (χ4n) is 3.67. The average Bonchev–Trinajstić information content (AvgIpc) is 2.75. The number of anilines is 1. The van der Waals surface area contributed by atoms with Gasteiger partial charge in [0.15, 0.2) is 0 Å². The Morgan fingerprint density at radius 2 is 1.80 bits per heavy atom. The lowest BCUT2D eigenvalue weighted by atomic mass is 10.1. The van der Waals surface area contributed by atoms with Gasteiger partial charge in [0, 0.05) is 22.1 Å². The van der Waals surface area contributed by atoms with Crippen LogP contribution in [0.2, 0.25) is 5.02 Å². The number of pyridine rings is 1. The molecule has 0 amide bonds. The summed E-state index contributed by atoms with van der Waals surface area (Å²) in [6.07, 6.45) is 6.47. The van der Waals surface area contributed by atoms with Crippen molar-refractivity contribution in [3.05, 3.63) is 70.9 Å². The summed E-state index contributed by atoms with van der Waals surface area (Å²) in [5, 5.41) is 5.53. The largest absolute Gasteiger partial charge is 0.382 e. The minimum atomic E-state index is 0.382. The number of rotatable bonds is 10. The van der Waals surface area contributed by atoms with Gasteiger partial charge in [-0.05, 0) is 75.3 Å². The minimum absolute atomic E-state index is 0.382. The molecule has 0 saturated heterocycles. The molecule has 3 nitrogen and oxygen atoms in total. The number of aromatic nitrogens is 1. The van der Waals surface area contributed by atoms with Crippen LogP contribution >= 0.6 is 11.6 Å². The van der Waals surface area contributed by atoms with Gasteiger partial charge in [-0.3, -0.25) is 0 Å². The summed E-state index contributed by atoms with van der Waals surface area (Å²) in [5.41, 5.74) is 4.10. The summed E-state index contributed by atoms with van der Waals surface area (Å²) in [6.45, 7) is 10.1. The second-order valence-electron chi connectivity index (χ2n) is 7.71. The van der Waals surface area contributed by atoms with E-state index in [2.05, 4.69) is 67.4 Å². The quantitative estimate of drug-likeness (QED) is 0.382. The van der Waals surface area contributed by atoms with Gasteiger partial charge in [0.2, 0.25) is 0 Å². The van der Waals surface area contributed by atoms with Crippen LogP contribution in [0.25, 0.3) is 23.1 Å². The van der Waals surface area contributed by atoms with Crippen molar-refractivity contribution in [2.75, 3.05) is 25.0 Å². The van der Waals surface area contributed by atoms with Crippen LogP contribution in [0.5, 0.6) is 0 Å². The molecule has 158 valence electrons. The van der Waals surface area contributed by atoms with E-state index in [0.717, 1.165) is 53.9 Å². The average molecular weight is 422 g/mol. The Morgan fingerprint density at radius 1 is 1.03 bits per heavy atom. The molecule has 2 aromatic carbocycles. The van der Waals surface area contributed by atoms with Crippen LogP contribution in [0.4, 0.5) is 5.69 Å². The maximum absolute atomic E-state index is 6.24. The third kappa shape index (κ3) is 6.32. The molecule has 0 aliphatic heterocycles. The maximum Gasteiger partial charge on any atom is 0.0744 e. The molecule has 0 aliphatic carbocycles. The molecule has 0 fully saturated rings. The predicted octanol–water partition coefficient (Wildman–Crippen LogP) is 6.98. The van der Waals surface area contributed by atoms with Crippen LogP contribution in [0, 0.1) is 0 Å². The van der Waals surface area contributed by atoms with Gasteiger partial charge in [-0.2, -0.15) is 0 Å². The second-order valence-corrected chi connectivity index (χ2v) is 8.15. The highest BCUT2D eigenvalue weighted by molar-refractivity contribution is 6.31. The van der Waals surface area contributed by atoms with E-state index >= 15 is 0 Å². The predicted molar refractivity (Wildman–Crippen MR) is 132 cm³/mol. The Morgan fingerprint density at radius 3 is 2.53 bits per heavy atom. The van der Waals surface area contributed by atoms with E-state index in [1.54, 1.807) is 0 Å². The molecule has 1 atom stereocenters. The van der Waals surface area contributed by atoms with Crippen LogP contribution in [0.1, 0.15) is 44.9 Å². The standard InChI is InChI=1S/C26H32ClN3/c1-4-30(5-2)17-9-10-20(3)28-26-19-23(15-13-21-11-7-6-8-12-21)29-25-18-22(27)14-16-24(25)26/h6-8,11-16,18-20H,4-5,9-10,17H2,1-3H3,(H,28,29). The first-order chi connectivity index (χ1) is 14.6. The number of nitrogens with one attached hydrogen (secondary N) is 1. The number of nitrogens with zero attached hydrogens (tertiary/aromatic N) is 2. The fourth-order valence-corrected chi connectivity index (χ4v) is 3.84. The highest BCUT2D eigenvalue weighted by Crippen LogP contribution is 2.27. The van der Waals surface area contributed by atoms with Crippen LogP contribution < -0.4 is 5.32 Å². The lowest BCUT2D eigenvalue weighted by Crippen LogP contribution is -2.25. The topological polar surface area (TPSA) is 28.2 Å². The second kappa shape index (κ2) is 11.1. The molecule has 1 heterocycles. The van der Waals surface area contributed by atoms with E-state index in [0.29, 0.717) is 11.1 Å². The zero-order valence-corrected chi connectivity index (χ0v) is 19.0. The minimum Gasteiger partial charge on any atom is -0.382 e. The third-order valence-corrected chi connectivity index (χ3v) is 5.68. The van der Waals surface area contributed by atoms with Crippen molar-refractivity contribution in [3.8, 4) is 0 Å². The normalized spacial score (nSPS) is 12.7. The van der Waals surface area contributed by atoms with E-state index in [9.17, 15) is 0 Å². The molecular formula is C26H32ClN3. The summed E-state index contributed by atoms with van der Waals surface area (Å²) in [5.74, 6) is 0. The molecule has 1 unspecified atom stereocenters. The molecule has 3 rings (SSSR count). The summed E-state index contributed by atoms with van der Waals surface area (Å²) >= 11 is 6.24. The summed E-state index contributed by atoms with van der Waals surface area (Å²) < 4.78 is 0. The SMILES string of the molecule is CCN(CC)CCCC(C)Nc1cc(C=Cc2ccccc2)nc2cc(Cl)ccc12. The van der Waals surface area contributed by atoms with Crippen LogP contribution in [0.3, 0.4) is 0 Å². The van der Waals surface area contributed by atoms with Crippen molar-refractivity contribution in [1.29, 1.82) is 0 Å². The molecule has 0 radical (unpaired) electrons. The van der Waals surface area contributed by atoms with E-state index in [4.69, 9.17) is 16.6 Å². The van der Waals surface area contributed by atoms with Gasteiger partial charge in [0.05, 0.1) is 11.2 Å². The van der Waals surface area contributed by atoms with Crippen molar-refractivity contribution in [3.63, 3.8) is 0 Å². The van der Waals surface area contributed by atoms with E-state index < -0.39 is 0 Å². The molecule has 4 heteroatoms. The molecule has 0 aliphatic rings. The maximum atomic E-state index is 6.24. The number of fused-ring (bicyclic) bond motifs is 1. The van der Waals surface area contributed by atoms with Crippen LogP contribution in [-0.4, -0.2) is 35.6 Å². The summed E-state index contributed by atoms with van der Waals surface area (Å²) in [7, 11) is 0. The van der Waals surface area contributed by atoms with Crippen LogP contribution in [-0.2, 0) is 0 Å². The fraction of sp³-hybridized carbons (Fsp3) is 0.346. The molecule has 3 aromatic rings. The molecule has 30 heavy (non-hydrogen) atoms. The first-order valence-electron chi connectivity index (χ1n) is 10.9. The lowest BCUT2D eigenvalue weighted by Gasteiger charge is -2.21. The number of hydrogen-bond acceptors (Lipinski definition) is 3. The summed E-state index contributed by atoms with van der Waals surface area (Å²) in [4.78, 5) is 7.28. The lowest BCUT2D eigenvalue weighted by molar-refractivity contribution is 0.295. The van der Waals surface area contributed by atoms with E-state index in [1.807, 2.05) is 30.3 Å². The Hall–Kier alpha value is -2.36.